The molecule has 4 nitrogen and oxygen atoms in total. The minimum atomic E-state index is -4.53. The maximum Gasteiger partial charge on any atom is 0.417 e. The lowest BCUT2D eigenvalue weighted by Crippen LogP contribution is -2.46. The van der Waals surface area contributed by atoms with Gasteiger partial charge in [-0.2, -0.15) is 18.4 Å². The number of aromatic nitrogens is 1. The summed E-state index contributed by atoms with van der Waals surface area (Å²) in [5.41, 5.74) is 0.269. The molecule has 2 heterocycles. The first-order chi connectivity index (χ1) is 12.0. The molecule has 0 bridgehead atoms. The molecule has 1 aliphatic rings. The zero-order valence-electron chi connectivity index (χ0n) is 13.5. The van der Waals surface area contributed by atoms with E-state index in [1.165, 1.54) is 6.07 Å². The van der Waals surface area contributed by atoms with Gasteiger partial charge in [0.1, 0.15) is 0 Å². The predicted molar refractivity (Wildman–Crippen MR) is 87.9 cm³/mol. The van der Waals surface area contributed by atoms with Gasteiger partial charge in [-0.05, 0) is 30.3 Å². The van der Waals surface area contributed by atoms with Gasteiger partial charge in [-0.1, -0.05) is 6.07 Å². The monoisotopic (exact) mass is 346 g/mol. The number of pyridine rings is 1. The molecule has 1 saturated heterocycles. The number of hydrogen-bond donors (Lipinski definition) is 0. The van der Waals surface area contributed by atoms with Crippen LogP contribution in [0.4, 0.5) is 18.9 Å². The summed E-state index contributed by atoms with van der Waals surface area (Å²) in [7, 11) is 0. The Morgan fingerprint density at radius 2 is 1.84 bits per heavy atom. The predicted octanol–water partition coefficient (Wildman–Crippen LogP) is 3.29. The van der Waals surface area contributed by atoms with Crippen LogP contribution in [-0.2, 0) is 12.7 Å². The molecule has 0 spiro atoms. The summed E-state index contributed by atoms with van der Waals surface area (Å²) in [4.78, 5) is 8.45. The van der Waals surface area contributed by atoms with E-state index >= 15 is 0 Å². The SMILES string of the molecule is N#Cc1ccc(N2CCN(Cc3ccccn3)CC2)cc1C(F)(F)F. The van der Waals surface area contributed by atoms with E-state index < -0.39 is 11.7 Å². The van der Waals surface area contributed by atoms with E-state index in [4.69, 9.17) is 5.26 Å². The van der Waals surface area contributed by atoms with E-state index in [9.17, 15) is 13.2 Å². The highest BCUT2D eigenvalue weighted by atomic mass is 19.4. The summed E-state index contributed by atoms with van der Waals surface area (Å²) >= 11 is 0. The van der Waals surface area contributed by atoms with Crippen LogP contribution in [0.25, 0.3) is 0 Å². The van der Waals surface area contributed by atoms with Gasteiger partial charge in [0.05, 0.1) is 22.9 Å². The minimum absolute atomic E-state index is 0.343. The molecule has 0 unspecified atom stereocenters. The third-order valence-corrected chi connectivity index (χ3v) is 4.28. The second-order valence-electron chi connectivity index (χ2n) is 5.92. The molecule has 0 radical (unpaired) electrons. The molecule has 0 N–H and O–H groups in total. The van der Waals surface area contributed by atoms with Gasteiger partial charge in [-0.3, -0.25) is 9.88 Å². The molecule has 0 amide bonds. The molecule has 0 atom stereocenters. The van der Waals surface area contributed by atoms with Crippen LogP contribution in [0.3, 0.4) is 0 Å². The Labute approximate surface area is 144 Å². The van der Waals surface area contributed by atoms with Crippen LogP contribution in [0, 0.1) is 11.3 Å². The third kappa shape index (κ3) is 4.09. The largest absolute Gasteiger partial charge is 0.417 e. The van der Waals surface area contributed by atoms with Crippen molar-refractivity contribution in [1.29, 1.82) is 5.26 Å². The van der Waals surface area contributed by atoms with E-state index in [2.05, 4.69) is 9.88 Å². The summed E-state index contributed by atoms with van der Waals surface area (Å²) in [6.45, 7) is 3.50. The van der Waals surface area contributed by atoms with Crippen LogP contribution >= 0.6 is 0 Å². The molecule has 1 aromatic heterocycles. The molecule has 3 rings (SSSR count). The van der Waals surface area contributed by atoms with Crippen molar-refractivity contribution < 1.29 is 13.2 Å². The van der Waals surface area contributed by atoms with Crippen LogP contribution in [0.5, 0.6) is 0 Å². The van der Waals surface area contributed by atoms with Gasteiger partial charge in [-0.15, -0.1) is 0 Å². The molecule has 1 fully saturated rings. The highest BCUT2D eigenvalue weighted by Crippen LogP contribution is 2.34. The second kappa shape index (κ2) is 7.11. The molecule has 0 saturated carbocycles. The number of piperazine rings is 1. The standard InChI is InChI=1S/C18H17F3N4/c19-18(20,21)17-11-16(5-4-14(17)12-22)25-9-7-24(8-10-25)13-15-3-1-2-6-23-15/h1-6,11H,7-10,13H2. The summed E-state index contributed by atoms with van der Waals surface area (Å²) in [6, 6.07) is 11.3. The first-order valence-corrected chi connectivity index (χ1v) is 7.96. The summed E-state index contributed by atoms with van der Waals surface area (Å²) in [5.74, 6) is 0. The number of alkyl halides is 3. The summed E-state index contributed by atoms with van der Waals surface area (Å²) in [5, 5.41) is 8.88. The van der Waals surface area contributed by atoms with Crippen molar-refractivity contribution in [2.75, 3.05) is 31.1 Å². The number of halogens is 3. The Bertz CT molecular complexity index is 760. The maximum atomic E-state index is 13.1. The Kier molecular flexibility index (Phi) is 4.91. The zero-order valence-corrected chi connectivity index (χ0v) is 13.5. The molecule has 7 heteroatoms. The highest BCUT2D eigenvalue weighted by Gasteiger charge is 2.34. The molecule has 1 aliphatic heterocycles. The molecule has 25 heavy (non-hydrogen) atoms. The Hall–Kier alpha value is -2.59. The van der Waals surface area contributed by atoms with Gasteiger partial charge < -0.3 is 4.90 Å². The molecule has 0 aliphatic carbocycles. The highest BCUT2D eigenvalue weighted by molar-refractivity contribution is 5.55. The van der Waals surface area contributed by atoms with Gasteiger partial charge in [0.2, 0.25) is 0 Å². The van der Waals surface area contributed by atoms with Crippen molar-refractivity contribution in [2.24, 2.45) is 0 Å². The molecule has 1 aromatic carbocycles. The number of nitriles is 1. The van der Waals surface area contributed by atoms with E-state index in [1.807, 2.05) is 23.1 Å². The van der Waals surface area contributed by atoms with Crippen LogP contribution < -0.4 is 4.90 Å². The molecular formula is C18H17F3N4. The fourth-order valence-corrected chi connectivity index (χ4v) is 2.95. The van der Waals surface area contributed by atoms with E-state index in [0.717, 1.165) is 31.4 Å². The first kappa shape index (κ1) is 17.2. The fraction of sp³-hybridized carbons (Fsp3) is 0.333. The van der Waals surface area contributed by atoms with Gasteiger partial charge in [0.15, 0.2) is 0 Å². The number of hydrogen-bond acceptors (Lipinski definition) is 4. The lowest BCUT2D eigenvalue weighted by atomic mass is 10.1. The van der Waals surface area contributed by atoms with E-state index in [-0.39, 0.29) is 5.56 Å². The van der Waals surface area contributed by atoms with Crippen LogP contribution in [0.15, 0.2) is 42.6 Å². The van der Waals surface area contributed by atoms with Gasteiger partial charge in [-0.25, -0.2) is 0 Å². The number of benzene rings is 1. The Morgan fingerprint density at radius 3 is 2.44 bits per heavy atom. The van der Waals surface area contributed by atoms with Crippen molar-refractivity contribution in [3.05, 3.63) is 59.4 Å². The van der Waals surface area contributed by atoms with Gasteiger partial charge in [0.25, 0.3) is 0 Å². The van der Waals surface area contributed by atoms with Crippen LogP contribution in [0.1, 0.15) is 16.8 Å². The summed E-state index contributed by atoms with van der Waals surface area (Å²) < 4.78 is 39.3. The second-order valence-corrected chi connectivity index (χ2v) is 5.92. The van der Waals surface area contributed by atoms with Crippen molar-refractivity contribution in [1.82, 2.24) is 9.88 Å². The smallest absolute Gasteiger partial charge is 0.369 e. The maximum absolute atomic E-state index is 13.1. The number of anilines is 1. The van der Waals surface area contributed by atoms with Gasteiger partial charge >= 0.3 is 6.18 Å². The normalized spacial score (nSPS) is 15.8. The van der Waals surface area contributed by atoms with Crippen molar-refractivity contribution >= 4 is 5.69 Å². The number of rotatable bonds is 3. The third-order valence-electron chi connectivity index (χ3n) is 4.28. The number of nitrogens with zero attached hydrogens (tertiary/aromatic N) is 4. The van der Waals surface area contributed by atoms with Crippen molar-refractivity contribution in [2.45, 2.75) is 12.7 Å². The quantitative estimate of drug-likeness (QED) is 0.855. The molecule has 2 aromatic rings. The average Bonchev–Trinajstić information content (AvgIpc) is 2.62. The summed E-state index contributed by atoms with van der Waals surface area (Å²) in [6.07, 6.45) is -2.77. The van der Waals surface area contributed by atoms with E-state index in [0.29, 0.717) is 18.8 Å². The Balaban J connectivity index is 1.68. The van der Waals surface area contributed by atoms with E-state index in [1.54, 1.807) is 18.3 Å². The topological polar surface area (TPSA) is 43.2 Å². The van der Waals surface area contributed by atoms with Crippen molar-refractivity contribution in [3.8, 4) is 6.07 Å². The first-order valence-electron chi connectivity index (χ1n) is 7.96. The van der Waals surface area contributed by atoms with Crippen molar-refractivity contribution in [3.63, 3.8) is 0 Å². The molecular weight excluding hydrogens is 329 g/mol. The lowest BCUT2D eigenvalue weighted by molar-refractivity contribution is -0.137. The van der Waals surface area contributed by atoms with Crippen LogP contribution in [-0.4, -0.2) is 36.1 Å². The fourth-order valence-electron chi connectivity index (χ4n) is 2.95. The lowest BCUT2D eigenvalue weighted by Gasteiger charge is -2.36. The Morgan fingerprint density at radius 1 is 1.08 bits per heavy atom. The van der Waals surface area contributed by atoms with Gasteiger partial charge in [0, 0.05) is 44.6 Å². The zero-order chi connectivity index (χ0) is 17.9. The minimum Gasteiger partial charge on any atom is -0.369 e. The molecule has 130 valence electrons. The average molecular weight is 346 g/mol. The van der Waals surface area contributed by atoms with Crippen LogP contribution in [0.2, 0.25) is 0 Å².